The van der Waals surface area contributed by atoms with Gasteiger partial charge in [0.1, 0.15) is 0 Å². The first kappa shape index (κ1) is 14.4. The summed E-state index contributed by atoms with van der Waals surface area (Å²) in [5.74, 6) is -1.10. The molecule has 0 aliphatic rings. The molecule has 0 radical (unpaired) electrons. The molecule has 2 N–H and O–H groups in total. The van der Waals surface area contributed by atoms with Gasteiger partial charge in [-0.1, -0.05) is 0 Å². The summed E-state index contributed by atoms with van der Waals surface area (Å²) in [6.07, 6.45) is 0.960. The van der Waals surface area contributed by atoms with Gasteiger partial charge in [0.15, 0.2) is 5.13 Å². The van der Waals surface area contributed by atoms with Crippen LogP contribution in [-0.2, 0) is 20.7 Å². The lowest BCUT2D eigenvalue weighted by atomic mass is 10.3. The third-order valence-electron chi connectivity index (χ3n) is 2.02. The number of esters is 1. The minimum Gasteiger partial charge on any atom is -0.481 e. The minimum atomic E-state index is -0.894. The average molecular weight is 272 g/mol. The fourth-order valence-electron chi connectivity index (χ4n) is 1.29. The summed E-state index contributed by atoms with van der Waals surface area (Å²) in [6, 6.07) is 0. The van der Waals surface area contributed by atoms with Gasteiger partial charge in [0, 0.05) is 18.3 Å². The maximum absolute atomic E-state index is 11.1. The molecular formula is C11H16N2O4S. The zero-order valence-electron chi connectivity index (χ0n) is 10.1. The SMILES string of the molecule is CCOC(=O)CCCNc1nc(CC(=O)O)cs1. The number of hydrogen-bond donors (Lipinski definition) is 2. The lowest BCUT2D eigenvalue weighted by molar-refractivity contribution is -0.143. The number of hydrogen-bond acceptors (Lipinski definition) is 6. The number of ether oxygens (including phenoxy) is 1. The number of carbonyl (C=O) groups is 2. The molecule has 0 aromatic carbocycles. The zero-order chi connectivity index (χ0) is 13.4. The van der Waals surface area contributed by atoms with E-state index in [1.807, 2.05) is 0 Å². The Labute approximate surface area is 109 Å². The molecule has 0 spiro atoms. The van der Waals surface area contributed by atoms with E-state index in [4.69, 9.17) is 9.84 Å². The van der Waals surface area contributed by atoms with E-state index in [0.29, 0.717) is 36.8 Å². The normalized spacial score (nSPS) is 10.1. The molecule has 0 aliphatic heterocycles. The number of thiazole rings is 1. The van der Waals surface area contributed by atoms with Crippen LogP contribution in [0.5, 0.6) is 0 Å². The van der Waals surface area contributed by atoms with Crippen LogP contribution in [0.4, 0.5) is 5.13 Å². The number of nitrogens with zero attached hydrogens (tertiary/aromatic N) is 1. The van der Waals surface area contributed by atoms with E-state index in [1.165, 1.54) is 11.3 Å². The summed E-state index contributed by atoms with van der Waals surface area (Å²) in [7, 11) is 0. The molecule has 1 aromatic heterocycles. The highest BCUT2D eigenvalue weighted by molar-refractivity contribution is 7.13. The van der Waals surface area contributed by atoms with Crippen molar-refractivity contribution in [2.45, 2.75) is 26.2 Å². The average Bonchev–Trinajstić information content (AvgIpc) is 2.71. The zero-order valence-corrected chi connectivity index (χ0v) is 11.0. The Morgan fingerprint density at radius 2 is 2.33 bits per heavy atom. The number of nitrogens with one attached hydrogen (secondary N) is 1. The highest BCUT2D eigenvalue weighted by Gasteiger charge is 2.06. The van der Waals surface area contributed by atoms with Crippen LogP contribution in [0.15, 0.2) is 5.38 Å². The Hall–Kier alpha value is -1.63. The van der Waals surface area contributed by atoms with Gasteiger partial charge in [0.05, 0.1) is 18.7 Å². The highest BCUT2D eigenvalue weighted by Crippen LogP contribution is 2.15. The van der Waals surface area contributed by atoms with E-state index < -0.39 is 5.97 Å². The lowest BCUT2D eigenvalue weighted by Crippen LogP contribution is -2.08. The Kier molecular flexibility index (Phi) is 6.13. The molecule has 0 amide bonds. The van der Waals surface area contributed by atoms with Gasteiger partial charge in [-0.15, -0.1) is 11.3 Å². The van der Waals surface area contributed by atoms with Crippen LogP contribution in [0.1, 0.15) is 25.5 Å². The van der Waals surface area contributed by atoms with Crippen LogP contribution >= 0.6 is 11.3 Å². The third-order valence-corrected chi connectivity index (χ3v) is 2.87. The first-order valence-corrected chi connectivity index (χ1v) is 6.55. The van der Waals surface area contributed by atoms with E-state index in [0.717, 1.165) is 0 Å². The quantitative estimate of drug-likeness (QED) is 0.551. The molecule has 0 aliphatic carbocycles. The summed E-state index contributed by atoms with van der Waals surface area (Å²) in [5, 5.41) is 14.0. The van der Waals surface area contributed by atoms with Crippen molar-refractivity contribution in [1.82, 2.24) is 4.98 Å². The molecule has 0 atom stereocenters. The second kappa shape index (κ2) is 7.65. The number of carboxylic acids is 1. The van der Waals surface area contributed by atoms with Crippen LogP contribution in [0, 0.1) is 0 Å². The summed E-state index contributed by atoms with van der Waals surface area (Å²) in [6.45, 7) is 2.78. The Morgan fingerprint density at radius 1 is 1.56 bits per heavy atom. The molecule has 0 saturated carbocycles. The highest BCUT2D eigenvalue weighted by atomic mass is 32.1. The van der Waals surface area contributed by atoms with Gasteiger partial charge in [0.25, 0.3) is 0 Å². The van der Waals surface area contributed by atoms with Crippen LogP contribution in [0.25, 0.3) is 0 Å². The summed E-state index contributed by atoms with van der Waals surface area (Å²) in [4.78, 5) is 25.6. The van der Waals surface area contributed by atoms with Crippen molar-refractivity contribution in [3.63, 3.8) is 0 Å². The first-order chi connectivity index (χ1) is 8.61. The molecule has 7 heteroatoms. The molecule has 6 nitrogen and oxygen atoms in total. The molecule has 1 aromatic rings. The first-order valence-electron chi connectivity index (χ1n) is 5.67. The lowest BCUT2D eigenvalue weighted by Gasteiger charge is -2.02. The van der Waals surface area contributed by atoms with Gasteiger partial charge >= 0.3 is 11.9 Å². The van der Waals surface area contributed by atoms with Crippen LogP contribution in [0.3, 0.4) is 0 Å². The smallest absolute Gasteiger partial charge is 0.309 e. The van der Waals surface area contributed by atoms with Gasteiger partial charge in [-0.25, -0.2) is 4.98 Å². The van der Waals surface area contributed by atoms with Crippen molar-refractivity contribution >= 4 is 28.4 Å². The Bertz CT molecular complexity index is 406. The Morgan fingerprint density at radius 3 is 3.00 bits per heavy atom. The second-order valence-electron chi connectivity index (χ2n) is 3.55. The van der Waals surface area contributed by atoms with Gasteiger partial charge < -0.3 is 15.2 Å². The molecule has 100 valence electrons. The number of carboxylic acid groups (broad SMARTS) is 1. The number of aromatic nitrogens is 1. The van der Waals surface area contributed by atoms with Crippen molar-refractivity contribution in [1.29, 1.82) is 0 Å². The summed E-state index contributed by atoms with van der Waals surface area (Å²) in [5.41, 5.74) is 0.542. The van der Waals surface area contributed by atoms with Crippen molar-refractivity contribution in [2.24, 2.45) is 0 Å². The van der Waals surface area contributed by atoms with Gasteiger partial charge in [-0.2, -0.15) is 0 Å². The molecule has 18 heavy (non-hydrogen) atoms. The molecule has 1 rings (SSSR count). The van der Waals surface area contributed by atoms with Gasteiger partial charge in [-0.3, -0.25) is 9.59 Å². The molecular weight excluding hydrogens is 256 g/mol. The summed E-state index contributed by atoms with van der Waals surface area (Å²) >= 11 is 1.36. The molecule has 0 unspecified atom stereocenters. The van der Waals surface area contributed by atoms with E-state index in [2.05, 4.69) is 10.3 Å². The molecule has 0 fully saturated rings. The molecule has 0 bridgehead atoms. The van der Waals surface area contributed by atoms with Crippen molar-refractivity contribution in [3.05, 3.63) is 11.1 Å². The monoisotopic (exact) mass is 272 g/mol. The van der Waals surface area contributed by atoms with E-state index in [1.54, 1.807) is 12.3 Å². The van der Waals surface area contributed by atoms with Crippen molar-refractivity contribution in [2.75, 3.05) is 18.5 Å². The topological polar surface area (TPSA) is 88.5 Å². The Balaban J connectivity index is 2.21. The predicted molar refractivity (Wildman–Crippen MR) is 67.8 cm³/mol. The second-order valence-corrected chi connectivity index (χ2v) is 4.41. The van der Waals surface area contributed by atoms with Gasteiger partial charge in [-0.05, 0) is 13.3 Å². The van der Waals surface area contributed by atoms with Gasteiger partial charge in [0.2, 0.25) is 0 Å². The van der Waals surface area contributed by atoms with E-state index in [-0.39, 0.29) is 12.4 Å². The molecule has 1 heterocycles. The van der Waals surface area contributed by atoms with Crippen LogP contribution in [-0.4, -0.2) is 35.2 Å². The maximum Gasteiger partial charge on any atom is 0.309 e. The van der Waals surface area contributed by atoms with Crippen LogP contribution < -0.4 is 5.32 Å². The number of rotatable bonds is 8. The molecule has 0 saturated heterocycles. The third kappa shape index (κ3) is 5.62. The number of carbonyl (C=O) groups excluding carboxylic acids is 1. The van der Waals surface area contributed by atoms with Crippen LogP contribution in [0.2, 0.25) is 0 Å². The predicted octanol–water partition coefficient (Wildman–Crippen LogP) is 1.53. The fourth-order valence-corrected chi connectivity index (χ4v) is 2.02. The largest absolute Gasteiger partial charge is 0.481 e. The standard InChI is InChI=1S/C11H16N2O4S/c1-2-17-10(16)4-3-5-12-11-13-8(7-18-11)6-9(14)15/h7H,2-6H2,1H3,(H,12,13)(H,14,15). The maximum atomic E-state index is 11.1. The van der Waals surface area contributed by atoms with E-state index in [9.17, 15) is 9.59 Å². The van der Waals surface area contributed by atoms with Crippen molar-refractivity contribution < 1.29 is 19.4 Å². The summed E-state index contributed by atoms with van der Waals surface area (Å²) < 4.78 is 4.80. The fraction of sp³-hybridized carbons (Fsp3) is 0.545. The minimum absolute atomic E-state index is 0.0684. The van der Waals surface area contributed by atoms with E-state index >= 15 is 0 Å². The number of anilines is 1. The number of aliphatic carboxylic acids is 1. The van der Waals surface area contributed by atoms with Crippen molar-refractivity contribution in [3.8, 4) is 0 Å².